The van der Waals surface area contributed by atoms with Crippen LogP contribution in [0.1, 0.15) is 48.0 Å². The third-order valence-electron chi connectivity index (χ3n) is 4.19. The summed E-state index contributed by atoms with van der Waals surface area (Å²) < 4.78 is 5.48. The predicted molar refractivity (Wildman–Crippen MR) is 82.6 cm³/mol. The Bertz CT molecular complexity index is 248. The average molecular weight is 270 g/mol. The Kier molecular flexibility index (Phi) is 6.78. The maximum atomic E-state index is 5.48. The molecule has 0 aliphatic carbocycles. The van der Waals surface area contributed by atoms with E-state index in [0.717, 1.165) is 32.7 Å². The summed E-state index contributed by atoms with van der Waals surface area (Å²) in [4.78, 5) is 2.68. The van der Waals surface area contributed by atoms with Gasteiger partial charge >= 0.3 is 0 Å². The van der Waals surface area contributed by atoms with Gasteiger partial charge in [0.1, 0.15) is 0 Å². The molecule has 0 aromatic carbocycles. The monoisotopic (exact) mass is 270 g/mol. The summed E-state index contributed by atoms with van der Waals surface area (Å²) in [7, 11) is 0. The van der Waals surface area contributed by atoms with Crippen molar-refractivity contribution < 1.29 is 4.74 Å². The topological polar surface area (TPSA) is 24.5 Å². The van der Waals surface area contributed by atoms with Crippen molar-refractivity contribution in [3.8, 4) is 0 Å². The highest BCUT2D eigenvalue weighted by atomic mass is 16.5. The van der Waals surface area contributed by atoms with Gasteiger partial charge in [0.2, 0.25) is 0 Å². The van der Waals surface area contributed by atoms with E-state index in [1.807, 2.05) is 0 Å². The minimum absolute atomic E-state index is 0.334. The van der Waals surface area contributed by atoms with Crippen LogP contribution in [0.5, 0.6) is 0 Å². The fourth-order valence-corrected chi connectivity index (χ4v) is 2.90. The molecule has 2 atom stereocenters. The van der Waals surface area contributed by atoms with Gasteiger partial charge in [-0.05, 0) is 24.7 Å². The summed E-state index contributed by atoms with van der Waals surface area (Å²) in [5, 5.41) is 3.73. The molecule has 1 fully saturated rings. The van der Waals surface area contributed by atoms with Crippen molar-refractivity contribution in [1.82, 2.24) is 10.2 Å². The lowest BCUT2D eigenvalue weighted by atomic mass is 9.83. The summed E-state index contributed by atoms with van der Waals surface area (Å²) in [5.41, 5.74) is 0.334. The van der Waals surface area contributed by atoms with Gasteiger partial charge in [0, 0.05) is 44.9 Å². The van der Waals surface area contributed by atoms with Crippen molar-refractivity contribution in [1.29, 1.82) is 0 Å². The molecule has 0 bridgehead atoms. The van der Waals surface area contributed by atoms with E-state index in [9.17, 15) is 0 Å². The van der Waals surface area contributed by atoms with Gasteiger partial charge in [0.25, 0.3) is 0 Å². The van der Waals surface area contributed by atoms with E-state index >= 15 is 0 Å². The molecule has 1 saturated heterocycles. The zero-order chi connectivity index (χ0) is 14.5. The van der Waals surface area contributed by atoms with Gasteiger partial charge in [-0.3, -0.25) is 4.90 Å². The lowest BCUT2D eigenvalue weighted by Gasteiger charge is -2.47. The van der Waals surface area contributed by atoms with Crippen molar-refractivity contribution in [3.63, 3.8) is 0 Å². The molecule has 114 valence electrons. The Morgan fingerprint density at radius 1 is 1.32 bits per heavy atom. The molecule has 0 amide bonds. The SMILES string of the molecule is CCOCCCN1CC(C(C)C)NCC1C(C)(C)C. The fourth-order valence-electron chi connectivity index (χ4n) is 2.90. The van der Waals surface area contributed by atoms with Gasteiger partial charge < -0.3 is 10.1 Å². The van der Waals surface area contributed by atoms with Gasteiger partial charge in [-0.25, -0.2) is 0 Å². The number of rotatable bonds is 6. The van der Waals surface area contributed by atoms with E-state index in [0.29, 0.717) is 23.4 Å². The maximum absolute atomic E-state index is 5.48. The highest BCUT2D eigenvalue weighted by Gasteiger charge is 2.35. The third kappa shape index (κ3) is 5.41. The van der Waals surface area contributed by atoms with Crippen molar-refractivity contribution in [2.45, 2.75) is 60.0 Å². The lowest BCUT2D eigenvalue weighted by Crippen LogP contribution is -2.61. The second-order valence-corrected chi connectivity index (χ2v) is 7.19. The standard InChI is InChI=1S/C16H34N2O/c1-7-19-10-8-9-18-12-14(13(2)3)17-11-15(18)16(4,5)6/h13-15,17H,7-12H2,1-6H3. The number of hydrogen-bond donors (Lipinski definition) is 1. The second kappa shape index (κ2) is 7.61. The molecular formula is C16H34N2O. The molecule has 0 saturated carbocycles. The molecule has 0 radical (unpaired) electrons. The summed E-state index contributed by atoms with van der Waals surface area (Å²) in [5.74, 6) is 0.704. The molecule has 1 rings (SSSR count). The maximum Gasteiger partial charge on any atom is 0.0478 e. The number of nitrogens with zero attached hydrogens (tertiary/aromatic N) is 1. The van der Waals surface area contributed by atoms with Gasteiger partial charge in [0.15, 0.2) is 0 Å². The molecule has 19 heavy (non-hydrogen) atoms. The molecule has 1 N–H and O–H groups in total. The van der Waals surface area contributed by atoms with E-state index in [-0.39, 0.29) is 0 Å². The molecule has 0 spiro atoms. The first-order valence-electron chi connectivity index (χ1n) is 7.91. The van der Waals surface area contributed by atoms with Crippen LogP contribution in [0.3, 0.4) is 0 Å². The van der Waals surface area contributed by atoms with E-state index in [4.69, 9.17) is 4.74 Å². The number of hydrogen-bond acceptors (Lipinski definition) is 3. The van der Waals surface area contributed by atoms with Crippen LogP contribution < -0.4 is 5.32 Å². The van der Waals surface area contributed by atoms with E-state index in [2.05, 4.69) is 51.8 Å². The fraction of sp³-hybridized carbons (Fsp3) is 1.00. The molecule has 0 aromatic heterocycles. The predicted octanol–water partition coefficient (Wildman–Crippen LogP) is 2.76. The Morgan fingerprint density at radius 2 is 2.00 bits per heavy atom. The van der Waals surface area contributed by atoms with Crippen LogP contribution in [0.2, 0.25) is 0 Å². The highest BCUT2D eigenvalue weighted by Crippen LogP contribution is 2.27. The van der Waals surface area contributed by atoms with E-state index in [1.165, 1.54) is 6.54 Å². The van der Waals surface area contributed by atoms with Crippen LogP contribution in [0, 0.1) is 11.3 Å². The van der Waals surface area contributed by atoms with Crippen LogP contribution >= 0.6 is 0 Å². The zero-order valence-corrected chi connectivity index (χ0v) is 13.8. The molecule has 1 aliphatic heterocycles. The summed E-state index contributed by atoms with van der Waals surface area (Å²) in [6.07, 6.45) is 1.14. The second-order valence-electron chi connectivity index (χ2n) is 7.19. The molecule has 1 aliphatic rings. The Labute approximate surface area is 120 Å². The minimum atomic E-state index is 0.334. The highest BCUT2D eigenvalue weighted by molar-refractivity contribution is 4.93. The Hall–Kier alpha value is -0.120. The van der Waals surface area contributed by atoms with Crippen molar-refractivity contribution in [2.24, 2.45) is 11.3 Å². The van der Waals surface area contributed by atoms with Crippen LogP contribution in [-0.4, -0.2) is 49.8 Å². The molecule has 3 nitrogen and oxygen atoms in total. The van der Waals surface area contributed by atoms with Crippen molar-refractivity contribution in [3.05, 3.63) is 0 Å². The number of piperazine rings is 1. The van der Waals surface area contributed by atoms with Gasteiger partial charge in [-0.1, -0.05) is 34.6 Å². The first kappa shape index (κ1) is 16.9. The minimum Gasteiger partial charge on any atom is -0.382 e. The van der Waals surface area contributed by atoms with Gasteiger partial charge in [0.05, 0.1) is 0 Å². The quantitative estimate of drug-likeness (QED) is 0.751. The first-order valence-corrected chi connectivity index (χ1v) is 7.91. The Balaban J connectivity index is 2.55. The van der Waals surface area contributed by atoms with Crippen LogP contribution in [-0.2, 0) is 4.74 Å². The van der Waals surface area contributed by atoms with Crippen molar-refractivity contribution >= 4 is 0 Å². The van der Waals surface area contributed by atoms with Crippen molar-refractivity contribution in [2.75, 3.05) is 32.8 Å². The van der Waals surface area contributed by atoms with E-state index < -0.39 is 0 Å². The number of nitrogens with one attached hydrogen (secondary N) is 1. The number of ether oxygens (including phenoxy) is 1. The van der Waals surface area contributed by atoms with Crippen LogP contribution in [0.15, 0.2) is 0 Å². The van der Waals surface area contributed by atoms with Crippen LogP contribution in [0.4, 0.5) is 0 Å². The lowest BCUT2D eigenvalue weighted by molar-refractivity contribution is 0.0368. The average Bonchev–Trinajstić information content (AvgIpc) is 2.33. The molecule has 3 heteroatoms. The molecule has 2 unspecified atom stereocenters. The summed E-state index contributed by atoms with van der Waals surface area (Å²) >= 11 is 0. The smallest absolute Gasteiger partial charge is 0.0478 e. The normalized spacial score (nSPS) is 26.1. The first-order chi connectivity index (χ1) is 8.86. The van der Waals surface area contributed by atoms with Gasteiger partial charge in [-0.15, -0.1) is 0 Å². The van der Waals surface area contributed by atoms with Gasteiger partial charge in [-0.2, -0.15) is 0 Å². The molecule has 1 heterocycles. The largest absolute Gasteiger partial charge is 0.382 e. The molecular weight excluding hydrogens is 236 g/mol. The van der Waals surface area contributed by atoms with E-state index in [1.54, 1.807) is 0 Å². The Morgan fingerprint density at radius 3 is 2.53 bits per heavy atom. The summed E-state index contributed by atoms with van der Waals surface area (Å²) in [6, 6.07) is 1.26. The summed E-state index contributed by atoms with van der Waals surface area (Å²) in [6.45, 7) is 18.9. The third-order valence-corrected chi connectivity index (χ3v) is 4.19. The zero-order valence-electron chi connectivity index (χ0n) is 13.8. The van der Waals surface area contributed by atoms with Crippen LogP contribution in [0.25, 0.3) is 0 Å². The molecule has 0 aromatic rings.